The lowest BCUT2D eigenvalue weighted by molar-refractivity contribution is -0.139. The number of benzene rings is 1. The Kier molecular flexibility index (Phi) is 5.49. The van der Waals surface area contributed by atoms with Gasteiger partial charge in [-0.25, -0.2) is 9.78 Å². The van der Waals surface area contributed by atoms with Gasteiger partial charge in [0, 0.05) is 24.2 Å². The van der Waals surface area contributed by atoms with Crippen molar-refractivity contribution >= 4 is 12.0 Å². The first-order chi connectivity index (χ1) is 13.1. The van der Waals surface area contributed by atoms with Crippen molar-refractivity contribution in [3.63, 3.8) is 0 Å². The maximum absolute atomic E-state index is 12.8. The van der Waals surface area contributed by atoms with Gasteiger partial charge in [-0.15, -0.1) is 0 Å². The van der Waals surface area contributed by atoms with Crippen LogP contribution in [0.4, 0.5) is 4.79 Å². The highest BCUT2D eigenvalue weighted by atomic mass is 16.5. The van der Waals surface area contributed by atoms with Gasteiger partial charge in [-0.1, -0.05) is 0 Å². The summed E-state index contributed by atoms with van der Waals surface area (Å²) in [4.78, 5) is 33.3. The molecule has 0 spiro atoms. The van der Waals surface area contributed by atoms with Crippen LogP contribution in [0.5, 0.6) is 11.5 Å². The Hall–Kier alpha value is -3.23. The zero-order valence-electron chi connectivity index (χ0n) is 15.4. The van der Waals surface area contributed by atoms with E-state index in [9.17, 15) is 9.59 Å². The van der Waals surface area contributed by atoms with E-state index < -0.39 is 12.0 Å². The number of hydrogen-bond donors (Lipinski definition) is 2. The van der Waals surface area contributed by atoms with Gasteiger partial charge in [-0.05, 0) is 18.2 Å². The molecule has 0 fully saturated rings. The van der Waals surface area contributed by atoms with Crippen molar-refractivity contribution in [2.75, 3.05) is 34.4 Å². The molecule has 2 heterocycles. The summed E-state index contributed by atoms with van der Waals surface area (Å²) in [7, 11) is 4.42. The van der Waals surface area contributed by atoms with E-state index in [1.165, 1.54) is 7.11 Å². The Labute approximate surface area is 156 Å². The summed E-state index contributed by atoms with van der Waals surface area (Å²) in [6, 6.07) is 4.54. The minimum Gasteiger partial charge on any atom is -0.497 e. The lowest BCUT2D eigenvalue weighted by Crippen LogP contribution is -2.47. The smallest absolute Gasteiger partial charge is 0.325 e. The summed E-state index contributed by atoms with van der Waals surface area (Å²) in [6.45, 7) is 0.244. The topological polar surface area (TPSA) is 106 Å². The van der Waals surface area contributed by atoms with Crippen molar-refractivity contribution in [3.05, 3.63) is 41.5 Å². The normalized spacial score (nSPS) is 15.7. The molecule has 2 N–H and O–H groups in total. The molecule has 144 valence electrons. The van der Waals surface area contributed by atoms with Gasteiger partial charge in [0.15, 0.2) is 0 Å². The van der Waals surface area contributed by atoms with E-state index in [1.54, 1.807) is 37.6 Å². The van der Waals surface area contributed by atoms with E-state index in [1.807, 2.05) is 6.07 Å². The summed E-state index contributed by atoms with van der Waals surface area (Å²) >= 11 is 0. The number of urea groups is 1. The summed E-state index contributed by atoms with van der Waals surface area (Å²) in [5, 5.41) is 2.59. The fraction of sp³-hybridized carbons (Fsp3) is 0.389. The number of carbonyl (C=O) groups is 2. The molecule has 1 atom stereocenters. The number of amides is 2. The third-order valence-corrected chi connectivity index (χ3v) is 4.53. The van der Waals surface area contributed by atoms with Gasteiger partial charge in [0.2, 0.25) is 0 Å². The molecular formula is C18H22N4O5. The number of fused-ring (bicyclic) bond motifs is 1. The van der Waals surface area contributed by atoms with Crippen molar-refractivity contribution in [3.8, 4) is 11.5 Å². The standard InChI is InChI=1S/C18H22N4O5/c1-25-11-4-5-14(26-2)12(8-11)17-16-13(20-10-21-16)6-7-22(17)18(24)19-9-15(23)27-3/h4-5,8,10,17H,6-7,9H2,1-3H3,(H,19,24)(H,20,21)/t17-/m1/s1. The predicted octanol–water partition coefficient (Wildman–Crippen LogP) is 1.26. The number of hydrogen-bond acceptors (Lipinski definition) is 6. The van der Waals surface area contributed by atoms with E-state index in [0.717, 1.165) is 17.0 Å². The van der Waals surface area contributed by atoms with Gasteiger partial charge in [0.1, 0.15) is 24.1 Å². The van der Waals surface area contributed by atoms with E-state index in [4.69, 9.17) is 9.47 Å². The second-order valence-corrected chi connectivity index (χ2v) is 5.95. The third-order valence-electron chi connectivity index (χ3n) is 4.53. The molecule has 0 unspecified atom stereocenters. The molecule has 0 saturated carbocycles. The first-order valence-corrected chi connectivity index (χ1v) is 8.44. The molecule has 0 aliphatic carbocycles. The number of imidazole rings is 1. The average molecular weight is 374 g/mol. The van der Waals surface area contributed by atoms with Crippen LogP contribution in [0, 0.1) is 0 Å². The number of carbonyl (C=O) groups excluding carboxylic acids is 2. The van der Waals surface area contributed by atoms with Crippen molar-refractivity contribution in [1.29, 1.82) is 0 Å². The number of rotatable bonds is 5. The molecule has 2 aromatic rings. The highest BCUT2D eigenvalue weighted by Gasteiger charge is 2.36. The predicted molar refractivity (Wildman–Crippen MR) is 95.8 cm³/mol. The third kappa shape index (κ3) is 3.67. The number of esters is 1. The van der Waals surface area contributed by atoms with E-state index in [0.29, 0.717) is 24.5 Å². The first-order valence-electron chi connectivity index (χ1n) is 8.44. The lowest BCUT2D eigenvalue weighted by atomic mass is 9.95. The molecule has 27 heavy (non-hydrogen) atoms. The average Bonchev–Trinajstić information content (AvgIpc) is 3.19. The molecule has 1 aliphatic rings. The van der Waals surface area contributed by atoms with E-state index in [2.05, 4.69) is 20.0 Å². The van der Waals surface area contributed by atoms with Gasteiger partial charge in [-0.2, -0.15) is 0 Å². The number of H-pyrrole nitrogens is 1. The molecule has 9 nitrogen and oxygen atoms in total. The fourth-order valence-electron chi connectivity index (χ4n) is 3.19. The van der Waals surface area contributed by atoms with Crippen LogP contribution in [0.25, 0.3) is 0 Å². The quantitative estimate of drug-likeness (QED) is 0.763. The maximum Gasteiger partial charge on any atom is 0.325 e. The lowest BCUT2D eigenvalue weighted by Gasteiger charge is -2.35. The molecule has 1 aliphatic heterocycles. The monoisotopic (exact) mass is 374 g/mol. The highest BCUT2D eigenvalue weighted by molar-refractivity contribution is 5.81. The highest BCUT2D eigenvalue weighted by Crippen LogP contribution is 2.39. The number of nitrogens with one attached hydrogen (secondary N) is 2. The van der Waals surface area contributed by atoms with Gasteiger partial charge in [0.25, 0.3) is 0 Å². The van der Waals surface area contributed by atoms with Crippen LogP contribution in [0.15, 0.2) is 24.5 Å². The molecule has 1 aromatic heterocycles. The van der Waals surface area contributed by atoms with E-state index in [-0.39, 0.29) is 12.6 Å². The molecule has 0 saturated heterocycles. The molecular weight excluding hydrogens is 352 g/mol. The molecule has 0 bridgehead atoms. The molecule has 1 aromatic carbocycles. The Balaban J connectivity index is 2.00. The summed E-state index contributed by atoms with van der Waals surface area (Å²) in [5.41, 5.74) is 2.45. The zero-order chi connectivity index (χ0) is 19.4. The Morgan fingerprint density at radius 3 is 2.81 bits per heavy atom. The summed E-state index contributed by atoms with van der Waals surface area (Å²) in [5.74, 6) is 0.738. The molecule has 0 radical (unpaired) electrons. The van der Waals surface area contributed by atoms with Crippen molar-refractivity contribution in [2.45, 2.75) is 12.5 Å². The number of ether oxygens (including phenoxy) is 3. The van der Waals surface area contributed by atoms with Gasteiger partial charge >= 0.3 is 12.0 Å². The van der Waals surface area contributed by atoms with Crippen LogP contribution in [-0.4, -0.2) is 61.3 Å². The van der Waals surface area contributed by atoms with Crippen molar-refractivity contribution in [2.24, 2.45) is 0 Å². The van der Waals surface area contributed by atoms with E-state index >= 15 is 0 Å². The number of aromatic amines is 1. The van der Waals surface area contributed by atoms with Crippen LogP contribution in [0.2, 0.25) is 0 Å². The molecule has 2 amide bonds. The second kappa shape index (κ2) is 7.98. The number of nitrogens with zero attached hydrogens (tertiary/aromatic N) is 2. The Morgan fingerprint density at radius 2 is 2.11 bits per heavy atom. The second-order valence-electron chi connectivity index (χ2n) is 5.95. The Morgan fingerprint density at radius 1 is 1.30 bits per heavy atom. The van der Waals surface area contributed by atoms with Crippen molar-refractivity contribution in [1.82, 2.24) is 20.2 Å². The van der Waals surface area contributed by atoms with Crippen LogP contribution in [0.3, 0.4) is 0 Å². The maximum atomic E-state index is 12.8. The molecule has 3 rings (SSSR count). The summed E-state index contributed by atoms with van der Waals surface area (Å²) in [6.07, 6.45) is 2.24. The zero-order valence-corrected chi connectivity index (χ0v) is 15.4. The van der Waals surface area contributed by atoms with Crippen LogP contribution < -0.4 is 14.8 Å². The largest absolute Gasteiger partial charge is 0.497 e. The number of methoxy groups -OCH3 is 3. The SMILES string of the molecule is COC(=O)CNC(=O)N1CCc2[nH]cnc2[C@H]1c1cc(OC)ccc1OC. The van der Waals surface area contributed by atoms with Crippen LogP contribution >= 0.6 is 0 Å². The Bertz CT molecular complexity index is 835. The minimum atomic E-state index is -0.517. The summed E-state index contributed by atoms with van der Waals surface area (Å²) < 4.78 is 15.4. The number of aromatic nitrogens is 2. The molecule has 9 heteroatoms. The first kappa shape index (κ1) is 18.6. The van der Waals surface area contributed by atoms with Gasteiger partial charge in [0.05, 0.1) is 33.4 Å². The van der Waals surface area contributed by atoms with Gasteiger partial charge < -0.3 is 29.4 Å². The van der Waals surface area contributed by atoms with Crippen LogP contribution in [-0.2, 0) is 16.0 Å². The fourth-order valence-corrected chi connectivity index (χ4v) is 3.19. The van der Waals surface area contributed by atoms with Gasteiger partial charge in [-0.3, -0.25) is 4.79 Å². The van der Waals surface area contributed by atoms with Crippen molar-refractivity contribution < 1.29 is 23.8 Å². The minimum absolute atomic E-state index is 0.207. The van der Waals surface area contributed by atoms with Crippen LogP contribution in [0.1, 0.15) is 23.0 Å².